The van der Waals surface area contributed by atoms with Gasteiger partial charge in [0.25, 0.3) is 10.0 Å². The molecule has 220 valence electrons. The summed E-state index contributed by atoms with van der Waals surface area (Å²) in [6.45, 7) is 0. The Morgan fingerprint density at radius 2 is 1.93 bits per heavy atom. The standard InChI is InChI=1S/C27H33N5O8S/c1-32-12-11-30-27(32)41(38,39)31-17-4-2-3-16(13-17)23(15-5-6-15)24-22(34)14-18(40-26(24)37)7-8-19(28)21(33)10-9-20(29)25(35)36/h2-4,11-15,19-20,23,31,34H,5-10,28-29H2,1H3,(H,35,36)/t19?,20-,23?/m0/s1. The zero-order chi connectivity index (χ0) is 29.9. The van der Waals surface area contributed by atoms with Crippen LogP contribution >= 0.6 is 0 Å². The van der Waals surface area contributed by atoms with Crippen LogP contribution in [0.25, 0.3) is 0 Å². The summed E-state index contributed by atoms with van der Waals surface area (Å²) >= 11 is 0. The number of aromatic nitrogens is 2. The minimum absolute atomic E-state index is 0.0410. The van der Waals surface area contributed by atoms with Crippen molar-refractivity contribution in [2.75, 3.05) is 4.72 Å². The van der Waals surface area contributed by atoms with Gasteiger partial charge in [0.2, 0.25) is 5.16 Å². The summed E-state index contributed by atoms with van der Waals surface area (Å²) in [5.41, 5.74) is 11.6. The average molecular weight is 588 g/mol. The number of anilines is 1. The molecule has 1 fully saturated rings. The van der Waals surface area contributed by atoms with E-state index in [1.807, 2.05) is 0 Å². The van der Waals surface area contributed by atoms with Crippen molar-refractivity contribution in [2.45, 2.75) is 61.7 Å². The van der Waals surface area contributed by atoms with Crippen LogP contribution in [0.4, 0.5) is 5.69 Å². The lowest BCUT2D eigenvalue weighted by Crippen LogP contribution is -2.35. The zero-order valence-electron chi connectivity index (χ0n) is 22.4. The van der Waals surface area contributed by atoms with Crippen molar-refractivity contribution >= 4 is 27.5 Å². The van der Waals surface area contributed by atoms with E-state index in [1.54, 1.807) is 31.3 Å². The molecule has 3 aromatic rings. The number of nitrogens with two attached hydrogens (primary N) is 2. The molecule has 0 radical (unpaired) electrons. The third kappa shape index (κ3) is 7.20. The van der Waals surface area contributed by atoms with Crippen LogP contribution in [0.15, 0.2) is 57.1 Å². The smallest absolute Gasteiger partial charge is 0.343 e. The van der Waals surface area contributed by atoms with E-state index in [0.717, 1.165) is 12.8 Å². The van der Waals surface area contributed by atoms with Gasteiger partial charge >= 0.3 is 11.6 Å². The van der Waals surface area contributed by atoms with E-state index in [9.17, 15) is 27.9 Å². The first-order valence-electron chi connectivity index (χ1n) is 13.1. The predicted molar refractivity (Wildman–Crippen MR) is 148 cm³/mol. The summed E-state index contributed by atoms with van der Waals surface area (Å²) in [4.78, 5) is 40.1. The van der Waals surface area contributed by atoms with Crippen LogP contribution in [0, 0.1) is 5.92 Å². The normalized spacial score (nSPS) is 15.7. The molecule has 0 bridgehead atoms. The lowest BCUT2D eigenvalue weighted by atomic mass is 9.87. The van der Waals surface area contributed by atoms with Crippen LogP contribution in [-0.4, -0.2) is 52.0 Å². The molecule has 0 spiro atoms. The Labute approximate surface area is 236 Å². The van der Waals surface area contributed by atoms with Gasteiger partial charge in [-0.05, 0) is 49.3 Å². The van der Waals surface area contributed by atoms with Crippen molar-refractivity contribution in [2.24, 2.45) is 24.4 Å². The Balaban J connectivity index is 1.50. The zero-order valence-corrected chi connectivity index (χ0v) is 23.2. The van der Waals surface area contributed by atoms with E-state index in [2.05, 4.69) is 9.71 Å². The predicted octanol–water partition coefficient (Wildman–Crippen LogP) is 1.44. The maximum absolute atomic E-state index is 13.1. The number of ketones is 1. The number of carbonyl (C=O) groups excluding carboxylic acids is 1. The number of sulfonamides is 1. The summed E-state index contributed by atoms with van der Waals surface area (Å²) in [5.74, 6) is -2.16. The van der Waals surface area contributed by atoms with E-state index in [1.165, 1.54) is 23.0 Å². The second kappa shape index (κ2) is 12.2. The fourth-order valence-electron chi connectivity index (χ4n) is 4.72. The number of nitrogens with zero attached hydrogens (tertiary/aromatic N) is 2. The molecular formula is C27H33N5O8S. The molecule has 2 unspecified atom stereocenters. The van der Waals surface area contributed by atoms with Gasteiger partial charge in [-0.15, -0.1) is 0 Å². The largest absolute Gasteiger partial charge is 0.507 e. The van der Waals surface area contributed by atoms with Gasteiger partial charge in [0.1, 0.15) is 23.3 Å². The SMILES string of the molecule is Cn1ccnc1S(=O)(=O)Nc1cccc(C(c2c(O)cc(CCC(N)C(=O)CC[C@H](N)C(=O)O)oc2=O)C2CC2)c1. The van der Waals surface area contributed by atoms with Crippen molar-refractivity contribution in [1.29, 1.82) is 0 Å². The monoisotopic (exact) mass is 587 g/mol. The topological polar surface area (TPSA) is 221 Å². The Morgan fingerprint density at radius 3 is 2.54 bits per heavy atom. The highest BCUT2D eigenvalue weighted by Gasteiger charge is 2.37. The van der Waals surface area contributed by atoms with E-state index in [4.69, 9.17) is 21.0 Å². The van der Waals surface area contributed by atoms with Crippen LogP contribution in [0.2, 0.25) is 0 Å². The molecule has 2 heterocycles. The van der Waals surface area contributed by atoms with Gasteiger partial charge in [0, 0.05) is 50.0 Å². The molecule has 0 aliphatic heterocycles. The number of hydrogen-bond donors (Lipinski definition) is 5. The number of rotatable bonds is 14. The second-order valence-corrected chi connectivity index (χ2v) is 11.8. The average Bonchev–Trinajstić information content (AvgIpc) is 3.65. The third-order valence-corrected chi connectivity index (χ3v) is 8.45. The van der Waals surface area contributed by atoms with Gasteiger partial charge in [-0.3, -0.25) is 14.3 Å². The second-order valence-electron chi connectivity index (χ2n) is 10.3. The first kappa shape index (κ1) is 30.0. The highest BCUT2D eigenvalue weighted by Crippen LogP contribution is 2.48. The molecule has 0 amide bonds. The van der Waals surface area contributed by atoms with Crippen LogP contribution < -0.4 is 21.8 Å². The first-order chi connectivity index (χ1) is 19.4. The number of Topliss-reactive ketones (excluding diaryl/α,β-unsaturated/α-hetero) is 1. The molecule has 2 aromatic heterocycles. The Morgan fingerprint density at radius 1 is 1.20 bits per heavy atom. The fourth-order valence-corrected chi connectivity index (χ4v) is 5.89. The van der Waals surface area contributed by atoms with Gasteiger partial charge in [-0.1, -0.05) is 12.1 Å². The lowest BCUT2D eigenvalue weighted by Gasteiger charge is -2.19. The lowest BCUT2D eigenvalue weighted by molar-refractivity contribution is -0.138. The van der Waals surface area contributed by atoms with Gasteiger partial charge in [-0.2, -0.15) is 8.42 Å². The van der Waals surface area contributed by atoms with E-state index >= 15 is 0 Å². The number of carboxylic acid groups (broad SMARTS) is 1. The molecule has 1 saturated carbocycles. The fraction of sp³-hybridized carbons (Fsp3) is 0.407. The molecule has 7 N–H and O–H groups in total. The van der Waals surface area contributed by atoms with Gasteiger partial charge in [0.15, 0.2) is 0 Å². The van der Waals surface area contributed by atoms with E-state index in [-0.39, 0.29) is 65.3 Å². The molecule has 0 saturated heterocycles. The van der Waals surface area contributed by atoms with Crippen LogP contribution in [0.3, 0.4) is 0 Å². The number of imidazole rings is 1. The number of hydrogen-bond acceptors (Lipinski definition) is 10. The minimum Gasteiger partial charge on any atom is -0.507 e. The minimum atomic E-state index is -3.96. The number of benzene rings is 1. The van der Waals surface area contributed by atoms with Crippen molar-refractivity contribution in [3.05, 3.63) is 70.0 Å². The Bertz CT molecular complexity index is 1590. The van der Waals surface area contributed by atoms with Crippen LogP contribution in [-0.2, 0) is 33.1 Å². The molecule has 1 aliphatic carbocycles. The molecule has 13 nitrogen and oxygen atoms in total. The Kier molecular flexibility index (Phi) is 8.95. The van der Waals surface area contributed by atoms with Crippen LogP contribution in [0.1, 0.15) is 54.9 Å². The Hall–Kier alpha value is -4.01. The maximum Gasteiger partial charge on any atom is 0.343 e. The summed E-state index contributed by atoms with van der Waals surface area (Å²) in [6.07, 6.45) is 4.61. The summed E-state index contributed by atoms with van der Waals surface area (Å²) in [6, 6.07) is 5.88. The number of aliphatic carboxylic acids is 1. The number of carbonyl (C=O) groups is 2. The van der Waals surface area contributed by atoms with Gasteiger partial charge < -0.3 is 30.7 Å². The molecule has 4 rings (SSSR count). The van der Waals surface area contributed by atoms with Crippen molar-refractivity contribution in [3.63, 3.8) is 0 Å². The number of aromatic hydroxyl groups is 1. The molecule has 1 aliphatic rings. The quantitative estimate of drug-likeness (QED) is 0.181. The molecule has 3 atom stereocenters. The number of aryl methyl sites for hydroxylation is 2. The van der Waals surface area contributed by atoms with Gasteiger partial charge in [-0.25, -0.2) is 9.78 Å². The number of carboxylic acids is 1. The summed E-state index contributed by atoms with van der Waals surface area (Å²) in [5, 5.41) is 19.6. The number of nitrogens with one attached hydrogen (secondary N) is 1. The maximum atomic E-state index is 13.1. The van der Waals surface area contributed by atoms with E-state index < -0.39 is 39.6 Å². The van der Waals surface area contributed by atoms with Crippen LogP contribution in [0.5, 0.6) is 5.75 Å². The first-order valence-corrected chi connectivity index (χ1v) is 14.6. The molecule has 1 aromatic carbocycles. The summed E-state index contributed by atoms with van der Waals surface area (Å²) < 4.78 is 35.0. The third-order valence-electron chi connectivity index (χ3n) is 7.07. The van der Waals surface area contributed by atoms with Crippen molar-refractivity contribution in [1.82, 2.24) is 9.55 Å². The highest BCUT2D eigenvalue weighted by molar-refractivity contribution is 7.92. The van der Waals surface area contributed by atoms with Crippen molar-refractivity contribution < 1.29 is 32.6 Å². The van der Waals surface area contributed by atoms with E-state index in [0.29, 0.717) is 5.56 Å². The highest BCUT2D eigenvalue weighted by atomic mass is 32.2. The molecular weight excluding hydrogens is 554 g/mol. The molecule has 14 heteroatoms. The van der Waals surface area contributed by atoms with Gasteiger partial charge in [0.05, 0.1) is 11.6 Å². The van der Waals surface area contributed by atoms with Crippen molar-refractivity contribution in [3.8, 4) is 5.75 Å². The molecule has 41 heavy (non-hydrogen) atoms. The summed E-state index contributed by atoms with van der Waals surface area (Å²) in [7, 11) is -2.39.